The second-order valence-electron chi connectivity index (χ2n) is 8.73. The first-order valence-corrected chi connectivity index (χ1v) is 12.1. The maximum atomic E-state index is 13.6. The average molecular weight is 485 g/mol. The largest absolute Gasteiger partial charge is 0.496 e. The molecule has 0 saturated carbocycles. The molecule has 0 bridgehead atoms. The molecule has 1 atom stereocenters. The molecule has 0 spiro atoms. The zero-order valence-electron chi connectivity index (χ0n) is 20.4. The van der Waals surface area contributed by atoms with Crippen LogP contribution in [0.4, 0.5) is 0 Å². The summed E-state index contributed by atoms with van der Waals surface area (Å²) in [4.78, 5) is 32.4. The number of nitrogens with zero attached hydrogens (tertiary/aromatic N) is 4. The highest BCUT2D eigenvalue weighted by atomic mass is 16.5. The number of piperidine rings is 1. The normalized spacial score (nSPS) is 15.6. The number of esters is 1. The van der Waals surface area contributed by atoms with Gasteiger partial charge in [-0.1, -0.05) is 42.5 Å². The van der Waals surface area contributed by atoms with E-state index in [1.54, 1.807) is 29.5 Å². The Labute approximate surface area is 209 Å². The quantitative estimate of drug-likeness (QED) is 0.375. The molecule has 36 heavy (non-hydrogen) atoms. The lowest BCUT2D eigenvalue weighted by Gasteiger charge is -2.31. The molecule has 0 N–H and O–H groups in total. The van der Waals surface area contributed by atoms with Crippen molar-refractivity contribution in [1.82, 2.24) is 19.5 Å². The minimum Gasteiger partial charge on any atom is -0.496 e. The van der Waals surface area contributed by atoms with Crippen LogP contribution in [0.2, 0.25) is 0 Å². The fourth-order valence-corrected chi connectivity index (χ4v) is 4.66. The number of rotatable bonds is 6. The summed E-state index contributed by atoms with van der Waals surface area (Å²) in [6.07, 6.45) is 1.45. The molecule has 1 amide bonds. The minimum absolute atomic E-state index is 0.217. The molecular weight excluding hydrogens is 456 g/mol. The molecule has 184 valence electrons. The van der Waals surface area contributed by atoms with Gasteiger partial charge in [0.25, 0.3) is 5.91 Å². The van der Waals surface area contributed by atoms with Gasteiger partial charge in [0.2, 0.25) is 0 Å². The highest BCUT2D eigenvalue weighted by Crippen LogP contribution is 2.32. The zero-order valence-corrected chi connectivity index (χ0v) is 20.4. The molecule has 2 aromatic heterocycles. The number of aromatic nitrogens is 3. The van der Waals surface area contributed by atoms with E-state index >= 15 is 0 Å². The number of amides is 1. The van der Waals surface area contributed by atoms with Crippen molar-refractivity contribution in [2.24, 2.45) is 5.92 Å². The molecule has 1 fully saturated rings. The van der Waals surface area contributed by atoms with E-state index in [-0.39, 0.29) is 17.8 Å². The maximum Gasteiger partial charge on any atom is 0.310 e. The van der Waals surface area contributed by atoms with Gasteiger partial charge in [0.1, 0.15) is 11.4 Å². The second-order valence-corrected chi connectivity index (χ2v) is 8.73. The summed E-state index contributed by atoms with van der Waals surface area (Å²) in [5.41, 5.74) is 4.06. The number of methoxy groups -OCH3 is 1. The van der Waals surface area contributed by atoms with Gasteiger partial charge in [0.15, 0.2) is 5.65 Å². The predicted molar refractivity (Wildman–Crippen MR) is 136 cm³/mol. The first kappa shape index (κ1) is 23.5. The molecule has 0 aliphatic carbocycles. The molecule has 3 heterocycles. The number of carbonyl (C=O) groups excluding carboxylic acids is 2. The van der Waals surface area contributed by atoms with Gasteiger partial charge >= 0.3 is 5.97 Å². The summed E-state index contributed by atoms with van der Waals surface area (Å²) in [5, 5.41) is 4.82. The summed E-state index contributed by atoms with van der Waals surface area (Å²) < 4.78 is 12.6. The highest BCUT2D eigenvalue weighted by Gasteiger charge is 2.31. The topological polar surface area (TPSA) is 86.0 Å². The van der Waals surface area contributed by atoms with Crippen molar-refractivity contribution in [3.05, 3.63) is 72.4 Å². The van der Waals surface area contributed by atoms with E-state index in [1.165, 1.54) is 0 Å². The molecule has 0 radical (unpaired) electrons. The third kappa shape index (κ3) is 4.54. The van der Waals surface area contributed by atoms with Crippen LogP contribution in [0.5, 0.6) is 5.75 Å². The van der Waals surface area contributed by atoms with E-state index in [0.29, 0.717) is 48.9 Å². The van der Waals surface area contributed by atoms with Crippen LogP contribution >= 0.6 is 0 Å². The first-order valence-electron chi connectivity index (χ1n) is 12.1. The average Bonchev–Trinajstić information content (AvgIpc) is 3.37. The van der Waals surface area contributed by atoms with Gasteiger partial charge in [-0.15, -0.1) is 0 Å². The van der Waals surface area contributed by atoms with Crippen LogP contribution in [-0.2, 0) is 9.53 Å². The van der Waals surface area contributed by atoms with E-state index in [9.17, 15) is 9.59 Å². The number of hydrogen-bond donors (Lipinski definition) is 0. The Balaban J connectivity index is 1.59. The van der Waals surface area contributed by atoms with E-state index in [1.807, 2.05) is 60.7 Å². The van der Waals surface area contributed by atoms with E-state index in [2.05, 4.69) is 0 Å². The fourth-order valence-electron chi connectivity index (χ4n) is 4.66. The number of hydrogen-bond acceptors (Lipinski definition) is 6. The molecule has 2 aromatic carbocycles. The van der Waals surface area contributed by atoms with Crippen LogP contribution in [0.1, 0.15) is 30.3 Å². The summed E-state index contributed by atoms with van der Waals surface area (Å²) in [6.45, 7) is 3.01. The summed E-state index contributed by atoms with van der Waals surface area (Å²) in [7, 11) is 1.62. The van der Waals surface area contributed by atoms with Crippen molar-refractivity contribution in [3.63, 3.8) is 0 Å². The molecular formula is C28H28N4O4. The molecule has 1 aliphatic heterocycles. The number of likely N-dealkylation sites (tertiary alicyclic amines) is 1. The van der Waals surface area contributed by atoms with E-state index in [0.717, 1.165) is 23.2 Å². The minimum atomic E-state index is -0.320. The van der Waals surface area contributed by atoms with Crippen LogP contribution in [0, 0.1) is 5.92 Å². The van der Waals surface area contributed by atoms with Crippen molar-refractivity contribution in [2.45, 2.75) is 19.8 Å². The SMILES string of the molecule is CCOC(=O)[C@H]1CCCN(C(=O)c2cc(-c3ccccc3OC)n3nc(-c4ccccc4)cc3n2)C1. The number of carbonyl (C=O) groups is 2. The van der Waals surface area contributed by atoms with Crippen LogP contribution in [0.25, 0.3) is 28.2 Å². The van der Waals surface area contributed by atoms with Crippen LogP contribution in [0.3, 0.4) is 0 Å². The van der Waals surface area contributed by atoms with Crippen LogP contribution < -0.4 is 4.74 Å². The van der Waals surface area contributed by atoms with Crippen molar-refractivity contribution in [1.29, 1.82) is 0 Å². The van der Waals surface area contributed by atoms with Gasteiger partial charge in [-0.2, -0.15) is 5.10 Å². The molecule has 8 heteroatoms. The lowest BCUT2D eigenvalue weighted by atomic mass is 9.98. The number of para-hydroxylation sites is 1. The van der Waals surface area contributed by atoms with Crippen molar-refractivity contribution in [2.75, 3.05) is 26.8 Å². The van der Waals surface area contributed by atoms with Gasteiger partial charge in [-0.3, -0.25) is 9.59 Å². The molecule has 5 rings (SSSR count). The van der Waals surface area contributed by atoms with Gasteiger partial charge < -0.3 is 14.4 Å². The third-order valence-electron chi connectivity index (χ3n) is 6.43. The van der Waals surface area contributed by atoms with E-state index < -0.39 is 0 Å². The fraction of sp³-hybridized carbons (Fsp3) is 0.286. The van der Waals surface area contributed by atoms with Gasteiger partial charge in [-0.25, -0.2) is 9.50 Å². The van der Waals surface area contributed by atoms with Crippen molar-refractivity contribution >= 4 is 17.5 Å². The Hall–Kier alpha value is -4.20. The van der Waals surface area contributed by atoms with Gasteiger partial charge in [0, 0.05) is 30.3 Å². The lowest BCUT2D eigenvalue weighted by molar-refractivity contribution is -0.149. The Morgan fingerprint density at radius 3 is 2.61 bits per heavy atom. The van der Waals surface area contributed by atoms with Gasteiger partial charge in [-0.05, 0) is 38.0 Å². The predicted octanol–water partition coefficient (Wildman–Crippen LogP) is 4.49. The van der Waals surface area contributed by atoms with E-state index in [4.69, 9.17) is 19.6 Å². The molecule has 4 aromatic rings. The van der Waals surface area contributed by atoms with Crippen molar-refractivity contribution < 1.29 is 19.1 Å². The first-order chi connectivity index (χ1) is 17.6. The summed E-state index contributed by atoms with van der Waals surface area (Å²) in [5.74, 6) is -0.123. The zero-order chi connectivity index (χ0) is 25.1. The van der Waals surface area contributed by atoms with Crippen LogP contribution in [0.15, 0.2) is 66.7 Å². The smallest absolute Gasteiger partial charge is 0.310 e. The van der Waals surface area contributed by atoms with Gasteiger partial charge in [0.05, 0.1) is 31.0 Å². The summed E-state index contributed by atoms with van der Waals surface area (Å²) >= 11 is 0. The Bertz CT molecular complexity index is 1400. The third-order valence-corrected chi connectivity index (χ3v) is 6.43. The Morgan fingerprint density at radius 1 is 1.06 bits per heavy atom. The molecule has 0 unspecified atom stereocenters. The lowest BCUT2D eigenvalue weighted by Crippen LogP contribution is -2.43. The Kier molecular flexibility index (Phi) is 6.66. The standard InChI is InChI=1S/C28H28N4O4/c1-3-36-28(34)20-12-9-15-31(18-20)27(33)23-16-24(21-13-7-8-14-25(21)35-2)32-26(29-23)17-22(30-32)19-10-5-4-6-11-19/h4-8,10-11,13-14,16-17,20H,3,9,12,15,18H2,1-2H3/t20-/m0/s1. The monoisotopic (exact) mass is 484 g/mol. The molecule has 1 saturated heterocycles. The van der Waals surface area contributed by atoms with Crippen LogP contribution in [-0.4, -0.2) is 58.2 Å². The summed E-state index contributed by atoms with van der Waals surface area (Å²) in [6, 6.07) is 21.1. The number of fused-ring (bicyclic) bond motifs is 1. The maximum absolute atomic E-state index is 13.6. The molecule has 8 nitrogen and oxygen atoms in total. The molecule has 1 aliphatic rings. The number of ether oxygens (including phenoxy) is 2. The number of benzene rings is 2. The Morgan fingerprint density at radius 2 is 1.83 bits per heavy atom. The highest BCUT2D eigenvalue weighted by molar-refractivity contribution is 5.94. The van der Waals surface area contributed by atoms with Crippen molar-refractivity contribution in [3.8, 4) is 28.3 Å². The second kappa shape index (κ2) is 10.2.